The summed E-state index contributed by atoms with van der Waals surface area (Å²) >= 11 is 0. The molecule has 0 unspecified atom stereocenters. The van der Waals surface area contributed by atoms with Crippen molar-refractivity contribution in [3.05, 3.63) is 35.1 Å². The molecule has 94 valence electrons. The van der Waals surface area contributed by atoms with Crippen molar-refractivity contribution < 1.29 is 9.18 Å². The molecule has 1 aromatic rings. The minimum Gasteiger partial charge on any atom is -0.303 e. The van der Waals surface area contributed by atoms with Gasteiger partial charge in [-0.25, -0.2) is 4.39 Å². The highest BCUT2D eigenvalue weighted by atomic mass is 19.1. The summed E-state index contributed by atoms with van der Waals surface area (Å²) in [5, 5.41) is 0. The quantitative estimate of drug-likeness (QED) is 0.709. The number of hydrogen-bond acceptors (Lipinski definition) is 2. The van der Waals surface area contributed by atoms with Gasteiger partial charge in [-0.05, 0) is 43.8 Å². The number of aryl methyl sites for hydroxylation is 1. The number of Topliss-reactive ketones (excluding diaryl/α,β-unsaturated/α-hetero) is 1. The van der Waals surface area contributed by atoms with Crippen molar-refractivity contribution in [1.82, 2.24) is 4.90 Å². The largest absolute Gasteiger partial charge is 0.303 e. The number of hydrogen-bond donors (Lipinski definition) is 0. The third-order valence-corrected chi connectivity index (χ3v) is 3.04. The van der Waals surface area contributed by atoms with Gasteiger partial charge in [0.1, 0.15) is 5.82 Å². The lowest BCUT2D eigenvalue weighted by Gasteiger charge is -2.17. The average molecular weight is 237 g/mol. The highest BCUT2D eigenvalue weighted by molar-refractivity contribution is 5.97. The maximum absolute atomic E-state index is 12.9. The fraction of sp³-hybridized carbons (Fsp3) is 0.500. The topological polar surface area (TPSA) is 20.3 Å². The third-order valence-electron chi connectivity index (χ3n) is 3.04. The number of halogens is 1. The summed E-state index contributed by atoms with van der Waals surface area (Å²) in [5.41, 5.74) is 1.35. The number of nitrogens with zero attached hydrogens (tertiary/aromatic N) is 1. The molecule has 0 aliphatic carbocycles. The monoisotopic (exact) mass is 237 g/mol. The van der Waals surface area contributed by atoms with E-state index in [4.69, 9.17) is 0 Å². The molecule has 0 heterocycles. The van der Waals surface area contributed by atoms with Gasteiger partial charge in [0.25, 0.3) is 0 Å². The van der Waals surface area contributed by atoms with E-state index in [1.54, 1.807) is 13.0 Å². The van der Waals surface area contributed by atoms with Crippen molar-refractivity contribution in [2.24, 2.45) is 0 Å². The molecule has 1 aromatic carbocycles. The molecular weight excluding hydrogens is 217 g/mol. The Labute approximate surface area is 102 Å². The van der Waals surface area contributed by atoms with Gasteiger partial charge >= 0.3 is 0 Å². The second-order valence-corrected chi connectivity index (χ2v) is 4.16. The lowest BCUT2D eigenvalue weighted by atomic mass is 10.0. The Balaban J connectivity index is 2.64. The molecule has 0 saturated carbocycles. The van der Waals surface area contributed by atoms with Crippen molar-refractivity contribution in [2.45, 2.75) is 27.2 Å². The molecule has 3 heteroatoms. The minimum absolute atomic E-state index is 0.0920. The molecule has 0 fully saturated rings. The summed E-state index contributed by atoms with van der Waals surface area (Å²) in [4.78, 5) is 14.2. The van der Waals surface area contributed by atoms with Crippen LogP contribution >= 0.6 is 0 Å². The Morgan fingerprint density at radius 3 is 2.47 bits per heavy atom. The molecule has 0 saturated heterocycles. The van der Waals surface area contributed by atoms with Gasteiger partial charge in [-0.1, -0.05) is 13.8 Å². The van der Waals surface area contributed by atoms with Crippen LogP contribution in [0.1, 0.15) is 36.2 Å². The van der Waals surface area contributed by atoms with Gasteiger partial charge in [0.05, 0.1) is 0 Å². The minimum atomic E-state index is -0.289. The van der Waals surface area contributed by atoms with Crippen molar-refractivity contribution in [1.29, 1.82) is 0 Å². The number of carbonyl (C=O) groups is 1. The first-order valence-corrected chi connectivity index (χ1v) is 6.10. The normalized spacial score (nSPS) is 10.9. The van der Waals surface area contributed by atoms with Gasteiger partial charge in [-0.2, -0.15) is 0 Å². The van der Waals surface area contributed by atoms with Gasteiger partial charge in [-0.3, -0.25) is 4.79 Å². The van der Waals surface area contributed by atoms with E-state index in [1.807, 2.05) is 0 Å². The zero-order valence-electron chi connectivity index (χ0n) is 10.8. The summed E-state index contributed by atoms with van der Waals surface area (Å²) in [6.07, 6.45) is 0.494. The van der Waals surface area contributed by atoms with E-state index < -0.39 is 0 Å². The molecule has 17 heavy (non-hydrogen) atoms. The second kappa shape index (κ2) is 6.50. The number of ketones is 1. The van der Waals surface area contributed by atoms with E-state index in [0.29, 0.717) is 12.0 Å². The predicted octanol–water partition coefficient (Wildman–Crippen LogP) is 3.05. The van der Waals surface area contributed by atoms with E-state index >= 15 is 0 Å². The van der Waals surface area contributed by atoms with Crippen LogP contribution in [0.4, 0.5) is 4.39 Å². The Bertz CT molecular complexity index is 386. The smallest absolute Gasteiger partial charge is 0.164 e. The van der Waals surface area contributed by atoms with Crippen LogP contribution in [0, 0.1) is 12.7 Å². The molecule has 0 N–H and O–H groups in total. The van der Waals surface area contributed by atoms with Crippen LogP contribution in [0.25, 0.3) is 0 Å². The van der Waals surface area contributed by atoms with E-state index in [2.05, 4.69) is 18.7 Å². The average Bonchev–Trinajstić information content (AvgIpc) is 2.30. The first-order chi connectivity index (χ1) is 8.08. The van der Waals surface area contributed by atoms with E-state index in [1.165, 1.54) is 12.1 Å². The number of benzene rings is 1. The van der Waals surface area contributed by atoms with Crippen molar-refractivity contribution in [3.63, 3.8) is 0 Å². The highest BCUT2D eigenvalue weighted by Crippen LogP contribution is 2.12. The number of rotatable bonds is 6. The zero-order chi connectivity index (χ0) is 12.8. The van der Waals surface area contributed by atoms with Gasteiger partial charge in [0.2, 0.25) is 0 Å². The molecule has 0 radical (unpaired) electrons. The molecule has 0 atom stereocenters. The molecule has 0 spiro atoms. The lowest BCUT2D eigenvalue weighted by Crippen LogP contribution is -2.25. The molecule has 0 amide bonds. The first-order valence-electron chi connectivity index (χ1n) is 6.10. The van der Waals surface area contributed by atoms with Gasteiger partial charge in [0, 0.05) is 18.5 Å². The SMILES string of the molecule is CCN(CC)CCC(=O)c1ccc(F)cc1C. The second-order valence-electron chi connectivity index (χ2n) is 4.16. The molecule has 0 aliphatic heterocycles. The van der Waals surface area contributed by atoms with Crippen molar-refractivity contribution in [2.75, 3.05) is 19.6 Å². The Hall–Kier alpha value is -1.22. The number of carbonyl (C=O) groups excluding carboxylic acids is 1. The Morgan fingerprint density at radius 2 is 1.94 bits per heavy atom. The van der Waals surface area contributed by atoms with Gasteiger partial charge < -0.3 is 4.90 Å². The summed E-state index contributed by atoms with van der Waals surface area (Å²) < 4.78 is 12.9. The van der Waals surface area contributed by atoms with Crippen LogP contribution in [0.15, 0.2) is 18.2 Å². The zero-order valence-corrected chi connectivity index (χ0v) is 10.8. The lowest BCUT2D eigenvalue weighted by molar-refractivity contribution is 0.0966. The Kier molecular flexibility index (Phi) is 5.29. The van der Waals surface area contributed by atoms with Crippen molar-refractivity contribution >= 4 is 5.78 Å². The first kappa shape index (κ1) is 13.8. The summed E-state index contributed by atoms with van der Waals surface area (Å²) in [7, 11) is 0. The van der Waals surface area contributed by atoms with Gasteiger partial charge in [0.15, 0.2) is 5.78 Å². The van der Waals surface area contributed by atoms with E-state index in [-0.39, 0.29) is 11.6 Å². The van der Waals surface area contributed by atoms with E-state index in [9.17, 15) is 9.18 Å². The van der Waals surface area contributed by atoms with Crippen LogP contribution < -0.4 is 0 Å². The summed E-state index contributed by atoms with van der Waals surface area (Å²) in [5.74, 6) is -0.197. The predicted molar refractivity (Wildman–Crippen MR) is 67.9 cm³/mol. The van der Waals surface area contributed by atoms with Crippen LogP contribution in [0.2, 0.25) is 0 Å². The molecule has 1 rings (SSSR count). The fourth-order valence-electron chi connectivity index (χ4n) is 1.87. The molecule has 2 nitrogen and oxygen atoms in total. The highest BCUT2D eigenvalue weighted by Gasteiger charge is 2.10. The van der Waals surface area contributed by atoms with Gasteiger partial charge in [-0.15, -0.1) is 0 Å². The third kappa shape index (κ3) is 3.93. The van der Waals surface area contributed by atoms with Crippen molar-refractivity contribution in [3.8, 4) is 0 Å². The standard InChI is InChI=1S/C14H20FNO/c1-4-16(5-2)9-8-14(17)13-7-6-12(15)10-11(13)3/h6-7,10H,4-5,8-9H2,1-3H3. The summed E-state index contributed by atoms with van der Waals surface area (Å²) in [6.45, 7) is 8.60. The van der Waals surface area contributed by atoms with Crippen LogP contribution in [0.3, 0.4) is 0 Å². The maximum atomic E-state index is 12.9. The Morgan fingerprint density at radius 1 is 1.29 bits per heavy atom. The summed E-state index contributed by atoms with van der Waals surface area (Å²) in [6, 6.07) is 4.33. The maximum Gasteiger partial charge on any atom is 0.164 e. The van der Waals surface area contributed by atoms with Crippen LogP contribution in [0.5, 0.6) is 0 Å². The molecule has 0 aliphatic rings. The van der Waals surface area contributed by atoms with Crippen LogP contribution in [-0.2, 0) is 0 Å². The van der Waals surface area contributed by atoms with Crippen LogP contribution in [-0.4, -0.2) is 30.3 Å². The molecular formula is C14H20FNO. The molecule has 0 bridgehead atoms. The van der Waals surface area contributed by atoms with E-state index in [0.717, 1.165) is 25.2 Å². The fourth-order valence-corrected chi connectivity index (χ4v) is 1.87. The molecule has 0 aromatic heterocycles.